The van der Waals surface area contributed by atoms with Crippen LogP contribution in [0.4, 0.5) is 11.4 Å². The van der Waals surface area contributed by atoms with E-state index in [-0.39, 0.29) is 17.4 Å². The Labute approximate surface area is 198 Å². The van der Waals surface area contributed by atoms with Crippen LogP contribution in [0.5, 0.6) is 11.5 Å². The van der Waals surface area contributed by atoms with E-state index in [0.29, 0.717) is 11.1 Å². The van der Waals surface area contributed by atoms with Gasteiger partial charge in [0, 0.05) is 29.7 Å². The van der Waals surface area contributed by atoms with Gasteiger partial charge in [-0.15, -0.1) is 0 Å². The molecule has 0 spiro atoms. The Balaban J connectivity index is 1.37. The molecule has 3 aromatic carbocycles. The second kappa shape index (κ2) is 10.1. The summed E-state index contributed by atoms with van der Waals surface area (Å²) in [5.41, 5.74) is 3.54. The van der Waals surface area contributed by atoms with Gasteiger partial charge >= 0.3 is 5.69 Å². The molecule has 11 heteroatoms. The van der Waals surface area contributed by atoms with Gasteiger partial charge in [-0.25, -0.2) is 5.43 Å². The van der Waals surface area contributed by atoms with E-state index in [0.717, 1.165) is 17.8 Å². The van der Waals surface area contributed by atoms with Crippen molar-refractivity contribution in [3.63, 3.8) is 0 Å². The van der Waals surface area contributed by atoms with Gasteiger partial charge in [0.05, 0.1) is 22.1 Å². The van der Waals surface area contributed by atoms with Crippen LogP contribution >= 0.6 is 0 Å². The van der Waals surface area contributed by atoms with Crippen LogP contribution in [0.15, 0.2) is 96.4 Å². The molecule has 1 amide bonds. The zero-order valence-corrected chi connectivity index (χ0v) is 18.0. The zero-order valence-electron chi connectivity index (χ0n) is 18.0. The van der Waals surface area contributed by atoms with Gasteiger partial charge in [0.2, 0.25) is 5.75 Å². The van der Waals surface area contributed by atoms with Gasteiger partial charge in [-0.3, -0.25) is 25.0 Å². The predicted octanol–water partition coefficient (Wildman–Crippen LogP) is 4.85. The fraction of sp³-hybridized carbons (Fsp3) is 0. The normalized spacial score (nSPS) is 10.7. The molecule has 35 heavy (non-hydrogen) atoms. The van der Waals surface area contributed by atoms with Gasteiger partial charge in [-0.1, -0.05) is 0 Å². The SMILES string of the molecule is O=C(N/N=C/c1ccc(Oc2ccc([N+](=O)[O-])cc2[N+](=O)[O-])cc1)c1ccc(-n2cccc2)cc1. The van der Waals surface area contributed by atoms with Crippen LogP contribution in [0.1, 0.15) is 15.9 Å². The summed E-state index contributed by atoms with van der Waals surface area (Å²) in [6.07, 6.45) is 5.25. The molecule has 4 rings (SSSR count). The second-order valence-electron chi connectivity index (χ2n) is 7.17. The molecular weight excluding hydrogens is 454 g/mol. The van der Waals surface area contributed by atoms with Crippen LogP contribution < -0.4 is 10.2 Å². The molecular formula is C24H17N5O6. The number of hydrogen-bond acceptors (Lipinski definition) is 7. The lowest BCUT2D eigenvalue weighted by molar-refractivity contribution is -0.394. The van der Waals surface area contributed by atoms with Crippen molar-refractivity contribution in [3.05, 3.63) is 123 Å². The minimum atomic E-state index is -0.750. The molecule has 0 saturated heterocycles. The second-order valence-corrected chi connectivity index (χ2v) is 7.17. The fourth-order valence-corrected chi connectivity index (χ4v) is 3.12. The third-order valence-corrected chi connectivity index (χ3v) is 4.87. The van der Waals surface area contributed by atoms with Crippen molar-refractivity contribution in [3.8, 4) is 17.2 Å². The molecule has 0 fully saturated rings. The Hall–Kier alpha value is -5.32. The summed E-state index contributed by atoms with van der Waals surface area (Å²) >= 11 is 0. The Morgan fingerprint density at radius 3 is 2.23 bits per heavy atom. The van der Waals surface area contributed by atoms with Crippen molar-refractivity contribution in [1.29, 1.82) is 0 Å². The van der Waals surface area contributed by atoms with Crippen LogP contribution in [-0.2, 0) is 0 Å². The summed E-state index contributed by atoms with van der Waals surface area (Å²) in [7, 11) is 0. The highest BCUT2D eigenvalue weighted by molar-refractivity contribution is 5.95. The number of amides is 1. The molecule has 1 aromatic heterocycles. The van der Waals surface area contributed by atoms with E-state index in [1.54, 1.807) is 36.4 Å². The van der Waals surface area contributed by atoms with Crippen molar-refractivity contribution in [2.45, 2.75) is 0 Å². The van der Waals surface area contributed by atoms with Gasteiger partial charge in [-0.05, 0) is 72.3 Å². The number of carbonyl (C=O) groups excluding carboxylic acids is 1. The van der Waals surface area contributed by atoms with Crippen molar-refractivity contribution >= 4 is 23.5 Å². The first-order valence-electron chi connectivity index (χ1n) is 10.2. The Kier molecular flexibility index (Phi) is 6.59. The minimum Gasteiger partial charge on any atom is -0.450 e. The highest BCUT2D eigenvalue weighted by Crippen LogP contribution is 2.34. The molecule has 0 unspecified atom stereocenters. The van der Waals surface area contributed by atoms with E-state index >= 15 is 0 Å². The van der Waals surface area contributed by atoms with Crippen molar-refractivity contribution < 1.29 is 19.4 Å². The third kappa shape index (κ3) is 5.54. The molecule has 1 N–H and O–H groups in total. The molecule has 11 nitrogen and oxygen atoms in total. The number of nitrogens with one attached hydrogen (secondary N) is 1. The number of nitro groups is 2. The lowest BCUT2D eigenvalue weighted by atomic mass is 10.2. The third-order valence-electron chi connectivity index (χ3n) is 4.87. The van der Waals surface area contributed by atoms with Crippen LogP contribution in [0.25, 0.3) is 5.69 Å². The van der Waals surface area contributed by atoms with E-state index in [1.165, 1.54) is 12.3 Å². The number of hydrogen-bond donors (Lipinski definition) is 1. The Morgan fingerprint density at radius 1 is 0.914 bits per heavy atom. The van der Waals surface area contributed by atoms with E-state index < -0.39 is 21.2 Å². The van der Waals surface area contributed by atoms with E-state index in [4.69, 9.17) is 4.74 Å². The van der Waals surface area contributed by atoms with Gasteiger partial charge in [0.1, 0.15) is 5.75 Å². The monoisotopic (exact) mass is 471 g/mol. The molecule has 0 aliphatic rings. The molecule has 1 heterocycles. The van der Waals surface area contributed by atoms with Gasteiger partial charge in [0.15, 0.2) is 0 Å². The molecule has 4 aromatic rings. The van der Waals surface area contributed by atoms with E-state index in [9.17, 15) is 25.0 Å². The van der Waals surface area contributed by atoms with E-state index in [2.05, 4.69) is 10.5 Å². The number of nitrogens with zero attached hydrogens (tertiary/aromatic N) is 4. The molecule has 0 radical (unpaired) electrons. The summed E-state index contributed by atoms with van der Waals surface area (Å²) in [5, 5.41) is 26.0. The summed E-state index contributed by atoms with van der Waals surface area (Å²) in [6, 6.07) is 20.4. The maximum Gasteiger partial charge on any atom is 0.318 e. The molecule has 174 valence electrons. The largest absolute Gasteiger partial charge is 0.450 e. The van der Waals surface area contributed by atoms with Crippen LogP contribution in [0.3, 0.4) is 0 Å². The van der Waals surface area contributed by atoms with E-state index in [1.807, 2.05) is 41.2 Å². The number of aromatic nitrogens is 1. The fourth-order valence-electron chi connectivity index (χ4n) is 3.12. The Bertz CT molecular complexity index is 1400. The topological polar surface area (TPSA) is 142 Å². The van der Waals surface area contributed by atoms with Crippen molar-refractivity contribution in [1.82, 2.24) is 9.99 Å². The van der Waals surface area contributed by atoms with Gasteiger partial charge < -0.3 is 9.30 Å². The molecule has 0 aliphatic carbocycles. The maximum atomic E-state index is 12.3. The van der Waals surface area contributed by atoms with Crippen LogP contribution in [-0.4, -0.2) is 26.5 Å². The number of non-ortho nitro benzene ring substituents is 1. The lowest BCUT2D eigenvalue weighted by Crippen LogP contribution is -2.17. The van der Waals surface area contributed by atoms with Gasteiger partial charge in [0.25, 0.3) is 11.6 Å². The highest BCUT2D eigenvalue weighted by Gasteiger charge is 2.21. The van der Waals surface area contributed by atoms with Crippen molar-refractivity contribution in [2.75, 3.05) is 0 Å². The number of carbonyl (C=O) groups is 1. The summed E-state index contributed by atoms with van der Waals surface area (Å²) in [4.78, 5) is 32.9. The van der Waals surface area contributed by atoms with Crippen molar-refractivity contribution in [2.24, 2.45) is 5.10 Å². The number of hydrazone groups is 1. The summed E-state index contributed by atoms with van der Waals surface area (Å²) < 4.78 is 7.44. The Morgan fingerprint density at radius 2 is 1.60 bits per heavy atom. The number of ether oxygens (including phenoxy) is 1. The average Bonchev–Trinajstić information content (AvgIpc) is 3.40. The average molecular weight is 471 g/mol. The van der Waals surface area contributed by atoms with Crippen LogP contribution in [0.2, 0.25) is 0 Å². The first-order chi connectivity index (χ1) is 16.9. The first kappa shape index (κ1) is 22.9. The highest BCUT2D eigenvalue weighted by atomic mass is 16.6. The molecule has 0 saturated carbocycles. The minimum absolute atomic E-state index is 0.128. The zero-order chi connectivity index (χ0) is 24.8. The summed E-state index contributed by atoms with van der Waals surface area (Å²) in [5.74, 6) is -0.214. The molecule has 0 atom stereocenters. The number of benzene rings is 3. The summed E-state index contributed by atoms with van der Waals surface area (Å²) in [6.45, 7) is 0. The molecule has 0 aliphatic heterocycles. The smallest absolute Gasteiger partial charge is 0.318 e. The number of rotatable bonds is 8. The van der Waals surface area contributed by atoms with Crippen LogP contribution in [0, 0.1) is 20.2 Å². The lowest BCUT2D eigenvalue weighted by Gasteiger charge is -2.06. The first-order valence-corrected chi connectivity index (χ1v) is 10.2. The van der Waals surface area contributed by atoms with Gasteiger partial charge in [-0.2, -0.15) is 5.10 Å². The molecule has 0 bridgehead atoms. The number of nitro benzene ring substituents is 2. The maximum absolute atomic E-state index is 12.3. The quantitative estimate of drug-likeness (QED) is 0.221. The standard InChI is InChI=1S/C24H17N5O6/c30-24(18-5-7-19(8-6-18)27-13-1-2-14-27)26-25-16-17-3-10-21(11-4-17)35-23-12-9-20(28(31)32)15-22(23)29(33)34/h1-16H,(H,26,30)/b25-16+. The predicted molar refractivity (Wildman–Crippen MR) is 127 cm³/mol.